The van der Waals surface area contributed by atoms with Gasteiger partial charge in [0, 0.05) is 30.9 Å². The molecule has 0 aliphatic carbocycles. The molecule has 1 aliphatic heterocycles. The smallest absolute Gasteiger partial charge is 0.191 e. The summed E-state index contributed by atoms with van der Waals surface area (Å²) in [4.78, 5) is 7.45. The number of aromatic nitrogens is 2. The number of rotatable bonds is 8. The quantitative estimate of drug-likeness (QED) is 0.254. The second-order valence-electron chi connectivity index (χ2n) is 7.99. The Bertz CT molecular complexity index is 575. The van der Waals surface area contributed by atoms with Crippen LogP contribution in [0.4, 0.5) is 0 Å². The van der Waals surface area contributed by atoms with Crippen LogP contribution in [0.3, 0.4) is 0 Å². The van der Waals surface area contributed by atoms with Gasteiger partial charge >= 0.3 is 0 Å². The van der Waals surface area contributed by atoms with Gasteiger partial charge in [0.05, 0.1) is 12.2 Å². The van der Waals surface area contributed by atoms with E-state index < -0.39 is 0 Å². The molecular formula is C20H39IN6. The summed E-state index contributed by atoms with van der Waals surface area (Å²) in [6, 6.07) is 2.13. The van der Waals surface area contributed by atoms with Crippen LogP contribution in [-0.4, -0.2) is 58.9 Å². The number of hydrogen-bond donors (Lipinski definition) is 2. The summed E-state index contributed by atoms with van der Waals surface area (Å²) in [5, 5.41) is 11.4. The predicted molar refractivity (Wildman–Crippen MR) is 125 cm³/mol. The highest BCUT2D eigenvalue weighted by Crippen LogP contribution is 2.20. The van der Waals surface area contributed by atoms with Gasteiger partial charge in [-0.25, -0.2) is 0 Å². The number of halogens is 1. The van der Waals surface area contributed by atoms with Gasteiger partial charge in [0.15, 0.2) is 5.96 Å². The van der Waals surface area contributed by atoms with Crippen LogP contribution in [0.25, 0.3) is 0 Å². The van der Waals surface area contributed by atoms with Crippen molar-refractivity contribution in [3.8, 4) is 0 Å². The molecule has 0 amide bonds. The van der Waals surface area contributed by atoms with Crippen LogP contribution in [0, 0.1) is 13.8 Å². The van der Waals surface area contributed by atoms with E-state index in [4.69, 9.17) is 4.99 Å². The third kappa shape index (κ3) is 7.97. The van der Waals surface area contributed by atoms with Gasteiger partial charge in [-0.15, -0.1) is 24.0 Å². The first-order chi connectivity index (χ1) is 12.4. The summed E-state index contributed by atoms with van der Waals surface area (Å²) in [5.41, 5.74) is 2.43. The fourth-order valence-corrected chi connectivity index (χ4v) is 3.55. The minimum absolute atomic E-state index is 0. The van der Waals surface area contributed by atoms with Crippen LogP contribution >= 0.6 is 24.0 Å². The second-order valence-corrected chi connectivity index (χ2v) is 7.99. The van der Waals surface area contributed by atoms with E-state index in [0.717, 1.165) is 44.3 Å². The molecule has 1 aliphatic rings. The molecule has 1 fully saturated rings. The number of nitrogens with zero attached hydrogens (tertiary/aromatic N) is 4. The van der Waals surface area contributed by atoms with Crippen LogP contribution in [0.5, 0.6) is 0 Å². The van der Waals surface area contributed by atoms with Crippen molar-refractivity contribution in [1.82, 2.24) is 25.3 Å². The predicted octanol–water partition coefficient (Wildman–Crippen LogP) is 3.33. The maximum Gasteiger partial charge on any atom is 0.191 e. The lowest BCUT2D eigenvalue weighted by atomic mass is 9.99. The summed E-state index contributed by atoms with van der Waals surface area (Å²) in [7, 11) is 0. The van der Waals surface area contributed by atoms with Crippen LogP contribution in [0.15, 0.2) is 11.1 Å². The van der Waals surface area contributed by atoms with Crippen molar-refractivity contribution in [2.45, 2.75) is 72.4 Å². The molecule has 0 atom stereocenters. The van der Waals surface area contributed by atoms with Gasteiger partial charge < -0.3 is 10.6 Å². The first kappa shape index (κ1) is 24.2. The van der Waals surface area contributed by atoms with Gasteiger partial charge in [-0.3, -0.25) is 14.6 Å². The molecule has 0 saturated carbocycles. The molecule has 156 valence electrons. The Morgan fingerprint density at radius 3 is 2.48 bits per heavy atom. The zero-order chi connectivity index (χ0) is 19.0. The summed E-state index contributed by atoms with van der Waals surface area (Å²) in [5.74, 6) is 0.922. The average Bonchev–Trinajstić information content (AvgIpc) is 2.94. The van der Waals surface area contributed by atoms with E-state index in [1.54, 1.807) is 0 Å². The fraction of sp³-hybridized carbons (Fsp3) is 0.800. The first-order valence-electron chi connectivity index (χ1n) is 10.2. The van der Waals surface area contributed by atoms with Gasteiger partial charge in [0.2, 0.25) is 0 Å². The SMILES string of the molecule is CCNC(=NCC(C)(C)N1CCCCC1)NCCCn1nc(C)cc1C.I. The van der Waals surface area contributed by atoms with Crippen molar-refractivity contribution in [2.75, 3.05) is 32.7 Å². The molecule has 6 nitrogen and oxygen atoms in total. The zero-order valence-corrected chi connectivity index (χ0v) is 20.2. The molecule has 1 aromatic rings. The number of hydrogen-bond acceptors (Lipinski definition) is 3. The molecule has 2 rings (SSSR count). The van der Waals surface area contributed by atoms with Crippen LogP contribution in [0.2, 0.25) is 0 Å². The first-order valence-corrected chi connectivity index (χ1v) is 10.2. The topological polar surface area (TPSA) is 57.5 Å². The lowest BCUT2D eigenvalue weighted by Gasteiger charge is -2.40. The highest BCUT2D eigenvalue weighted by Gasteiger charge is 2.27. The van der Waals surface area contributed by atoms with Crippen LogP contribution < -0.4 is 10.6 Å². The van der Waals surface area contributed by atoms with Crippen molar-refractivity contribution in [2.24, 2.45) is 4.99 Å². The van der Waals surface area contributed by atoms with E-state index in [2.05, 4.69) is 59.1 Å². The van der Waals surface area contributed by atoms with Crippen molar-refractivity contribution in [3.63, 3.8) is 0 Å². The molecule has 2 heterocycles. The highest BCUT2D eigenvalue weighted by atomic mass is 127. The summed E-state index contributed by atoms with van der Waals surface area (Å²) >= 11 is 0. The van der Waals surface area contributed by atoms with Gasteiger partial charge in [-0.05, 0) is 73.0 Å². The van der Waals surface area contributed by atoms with E-state index in [-0.39, 0.29) is 29.5 Å². The van der Waals surface area contributed by atoms with Crippen LogP contribution in [0.1, 0.15) is 57.8 Å². The Morgan fingerprint density at radius 1 is 1.19 bits per heavy atom. The molecule has 7 heteroatoms. The Balaban J connectivity index is 0.00000364. The summed E-state index contributed by atoms with van der Waals surface area (Å²) in [6.45, 7) is 16.8. The number of piperidine rings is 1. The molecular weight excluding hydrogens is 451 g/mol. The molecule has 0 spiro atoms. The third-order valence-electron chi connectivity index (χ3n) is 5.12. The van der Waals surface area contributed by atoms with E-state index in [1.165, 1.54) is 38.0 Å². The normalized spacial score (nSPS) is 16.1. The lowest BCUT2D eigenvalue weighted by Crippen LogP contribution is -2.49. The molecule has 1 saturated heterocycles. The van der Waals surface area contributed by atoms with Gasteiger partial charge in [0.25, 0.3) is 0 Å². The van der Waals surface area contributed by atoms with E-state index in [9.17, 15) is 0 Å². The van der Waals surface area contributed by atoms with Gasteiger partial charge in [-0.1, -0.05) is 6.42 Å². The van der Waals surface area contributed by atoms with Gasteiger partial charge in [0.1, 0.15) is 0 Å². The number of aliphatic imine (C=N–C) groups is 1. The van der Waals surface area contributed by atoms with E-state index >= 15 is 0 Å². The van der Waals surface area contributed by atoms with E-state index in [1.807, 2.05) is 6.92 Å². The maximum atomic E-state index is 4.86. The Hall–Kier alpha value is -0.830. The second kappa shape index (κ2) is 11.9. The minimum atomic E-state index is 0. The van der Waals surface area contributed by atoms with Crippen molar-refractivity contribution >= 4 is 29.9 Å². The van der Waals surface area contributed by atoms with Crippen molar-refractivity contribution in [1.29, 1.82) is 0 Å². The molecule has 2 N–H and O–H groups in total. The molecule has 1 aromatic heterocycles. The fourth-order valence-electron chi connectivity index (χ4n) is 3.55. The van der Waals surface area contributed by atoms with Crippen molar-refractivity contribution in [3.05, 3.63) is 17.5 Å². The number of nitrogens with one attached hydrogen (secondary N) is 2. The van der Waals surface area contributed by atoms with Crippen molar-refractivity contribution < 1.29 is 0 Å². The third-order valence-corrected chi connectivity index (χ3v) is 5.12. The summed E-state index contributed by atoms with van der Waals surface area (Å²) < 4.78 is 2.08. The average molecular weight is 490 g/mol. The standard InChI is InChI=1S/C20H38N6.HI/c1-6-21-19(22-11-10-14-26-18(3)15-17(2)24-26)23-16-20(4,5)25-12-8-7-9-13-25;/h15H,6-14,16H2,1-5H3,(H2,21,22,23);1H. The van der Waals surface area contributed by atoms with Gasteiger partial charge in [-0.2, -0.15) is 5.10 Å². The Kier molecular flexibility index (Phi) is 10.7. The molecule has 27 heavy (non-hydrogen) atoms. The highest BCUT2D eigenvalue weighted by molar-refractivity contribution is 14.0. The molecule has 0 unspecified atom stereocenters. The lowest BCUT2D eigenvalue weighted by molar-refractivity contribution is 0.102. The summed E-state index contributed by atoms with van der Waals surface area (Å²) in [6.07, 6.45) is 5.03. The minimum Gasteiger partial charge on any atom is -0.357 e. The molecule has 0 aromatic carbocycles. The zero-order valence-electron chi connectivity index (χ0n) is 17.8. The number of aryl methyl sites for hydroxylation is 3. The Morgan fingerprint density at radius 2 is 1.89 bits per heavy atom. The maximum absolute atomic E-state index is 4.86. The largest absolute Gasteiger partial charge is 0.357 e. The monoisotopic (exact) mass is 490 g/mol. The number of likely N-dealkylation sites (tertiary alicyclic amines) is 1. The molecule has 0 radical (unpaired) electrons. The van der Waals surface area contributed by atoms with E-state index in [0.29, 0.717) is 0 Å². The number of guanidine groups is 1. The molecule has 0 bridgehead atoms. The Labute approximate surface area is 182 Å². The van der Waals surface area contributed by atoms with Crippen LogP contribution in [-0.2, 0) is 6.54 Å².